The van der Waals surface area contributed by atoms with Gasteiger partial charge < -0.3 is 16.4 Å². The fourth-order valence-electron chi connectivity index (χ4n) is 1.96. The number of amides is 2. The fraction of sp³-hybridized carbons (Fsp3) is 0.467. The summed E-state index contributed by atoms with van der Waals surface area (Å²) in [5.74, 6) is -0.628. The molecule has 1 atom stereocenters. The Morgan fingerprint density at radius 3 is 2.45 bits per heavy atom. The molecule has 2 amide bonds. The average molecular weight is 277 g/mol. The molecule has 0 aromatic heterocycles. The van der Waals surface area contributed by atoms with Gasteiger partial charge in [0.2, 0.25) is 11.8 Å². The number of primary amides is 1. The normalized spacial score (nSPS) is 11.9. The summed E-state index contributed by atoms with van der Waals surface area (Å²) in [5, 5.41) is 0. The molecular formula is C15H23N3O2. The van der Waals surface area contributed by atoms with E-state index in [1.165, 1.54) is 4.90 Å². The molecule has 5 heteroatoms. The highest BCUT2D eigenvalue weighted by Crippen LogP contribution is 2.15. The quantitative estimate of drug-likeness (QED) is 0.748. The number of carbonyl (C=O) groups is 2. The third-order valence-corrected chi connectivity index (χ3v) is 3.10. The lowest BCUT2D eigenvalue weighted by atomic mass is 10.0. The maximum absolute atomic E-state index is 12.2. The van der Waals surface area contributed by atoms with Gasteiger partial charge in [-0.15, -0.1) is 0 Å². The van der Waals surface area contributed by atoms with Crippen molar-refractivity contribution in [2.75, 3.05) is 13.1 Å². The molecule has 110 valence electrons. The number of rotatable bonds is 8. The molecule has 0 saturated heterocycles. The third kappa shape index (κ3) is 5.40. The lowest BCUT2D eigenvalue weighted by molar-refractivity contribution is -0.135. The Morgan fingerprint density at radius 1 is 1.25 bits per heavy atom. The third-order valence-electron chi connectivity index (χ3n) is 3.10. The number of unbranched alkanes of at least 4 members (excludes halogenated alkanes) is 1. The number of hydrogen-bond donors (Lipinski definition) is 2. The number of nitrogens with zero attached hydrogens (tertiary/aromatic N) is 1. The van der Waals surface area contributed by atoms with Crippen molar-refractivity contribution in [2.45, 2.75) is 32.2 Å². The summed E-state index contributed by atoms with van der Waals surface area (Å²) in [4.78, 5) is 24.7. The van der Waals surface area contributed by atoms with Crippen LogP contribution in [0.5, 0.6) is 0 Å². The molecule has 20 heavy (non-hydrogen) atoms. The van der Waals surface area contributed by atoms with E-state index < -0.39 is 5.91 Å². The molecule has 1 rings (SSSR count). The minimum Gasteiger partial charge on any atom is -0.368 e. The van der Waals surface area contributed by atoms with Crippen molar-refractivity contribution in [3.05, 3.63) is 35.9 Å². The molecule has 0 fully saturated rings. The summed E-state index contributed by atoms with van der Waals surface area (Å²) in [5.41, 5.74) is 12.1. The van der Waals surface area contributed by atoms with Gasteiger partial charge in [-0.05, 0) is 12.0 Å². The summed E-state index contributed by atoms with van der Waals surface area (Å²) < 4.78 is 0. The van der Waals surface area contributed by atoms with Crippen LogP contribution >= 0.6 is 0 Å². The van der Waals surface area contributed by atoms with E-state index in [1.54, 1.807) is 0 Å². The highest BCUT2D eigenvalue weighted by molar-refractivity contribution is 5.84. The Bertz CT molecular complexity index is 434. The summed E-state index contributed by atoms with van der Waals surface area (Å²) in [6.45, 7) is 2.53. The molecule has 1 aromatic rings. The first-order chi connectivity index (χ1) is 9.54. The van der Waals surface area contributed by atoms with Crippen LogP contribution in [0, 0.1) is 0 Å². The van der Waals surface area contributed by atoms with Crippen LogP contribution in [0.2, 0.25) is 0 Å². The Morgan fingerprint density at radius 2 is 1.90 bits per heavy atom. The average Bonchev–Trinajstić information content (AvgIpc) is 2.43. The van der Waals surface area contributed by atoms with Crippen molar-refractivity contribution in [3.63, 3.8) is 0 Å². The predicted molar refractivity (Wildman–Crippen MR) is 78.7 cm³/mol. The molecule has 0 heterocycles. The molecule has 0 aliphatic heterocycles. The molecular weight excluding hydrogens is 254 g/mol. The van der Waals surface area contributed by atoms with Crippen LogP contribution in [-0.2, 0) is 9.59 Å². The van der Waals surface area contributed by atoms with Gasteiger partial charge in [0.1, 0.15) is 0 Å². The number of carbonyl (C=O) groups excluding carboxylic acids is 2. The lowest BCUT2D eigenvalue weighted by Crippen LogP contribution is -2.40. The Kier molecular flexibility index (Phi) is 6.73. The van der Waals surface area contributed by atoms with E-state index >= 15 is 0 Å². The zero-order valence-electron chi connectivity index (χ0n) is 11.9. The van der Waals surface area contributed by atoms with Gasteiger partial charge in [-0.1, -0.05) is 43.7 Å². The van der Waals surface area contributed by atoms with Crippen LogP contribution in [0.3, 0.4) is 0 Å². The van der Waals surface area contributed by atoms with Gasteiger partial charge in [0.05, 0.1) is 6.54 Å². The van der Waals surface area contributed by atoms with Gasteiger partial charge in [-0.25, -0.2) is 0 Å². The van der Waals surface area contributed by atoms with Crippen LogP contribution in [0.15, 0.2) is 30.3 Å². The van der Waals surface area contributed by atoms with E-state index in [1.807, 2.05) is 37.3 Å². The van der Waals surface area contributed by atoms with Gasteiger partial charge in [0, 0.05) is 19.0 Å². The van der Waals surface area contributed by atoms with E-state index in [0.717, 1.165) is 18.4 Å². The van der Waals surface area contributed by atoms with Crippen molar-refractivity contribution >= 4 is 11.8 Å². The molecule has 1 aromatic carbocycles. The fourth-order valence-corrected chi connectivity index (χ4v) is 1.96. The lowest BCUT2D eigenvalue weighted by Gasteiger charge is -2.23. The number of hydrogen-bond acceptors (Lipinski definition) is 3. The second kappa shape index (κ2) is 8.32. The second-order valence-electron chi connectivity index (χ2n) is 4.86. The monoisotopic (exact) mass is 277 g/mol. The Labute approximate surface area is 119 Å². The molecule has 1 unspecified atom stereocenters. The number of benzene rings is 1. The smallest absolute Gasteiger partial charge is 0.237 e. The first-order valence-corrected chi connectivity index (χ1v) is 6.91. The van der Waals surface area contributed by atoms with Crippen molar-refractivity contribution in [1.29, 1.82) is 0 Å². The molecule has 0 saturated carbocycles. The van der Waals surface area contributed by atoms with E-state index in [9.17, 15) is 9.59 Å². The predicted octanol–water partition coefficient (Wildman–Crippen LogP) is 1.19. The zero-order chi connectivity index (χ0) is 15.0. The van der Waals surface area contributed by atoms with Crippen LogP contribution in [-0.4, -0.2) is 29.8 Å². The molecule has 0 spiro atoms. The first-order valence-electron chi connectivity index (χ1n) is 6.91. The standard InChI is InChI=1S/C15H23N3O2/c1-2-3-9-18(11-14(17)19)15(20)10-13(16)12-7-5-4-6-8-12/h4-8,13H,2-3,9-11,16H2,1H3,(H2,17,19). The van der Waals surface area contributed by atoms with Gasteiger partial charge in [-0.3, -0.25) is 9.59 Å². The Balaban J connectivity index is 2.62. The zero-order valence-corrected chi connectivity index (χ0v) is 11.9. The Hall–Kier alpha value is -1.88. The van der Waals surface area contributed by atoms with Gasteiger partial charge in [0.15, 0.2) is 0 Å². The molecule has 5 nitrogen and oxygen atoms in total. The van der Waals surface area contributed by atoms with Crippen molar-refractivity contribution in [2.24, 2.45) is 11.5 Å². The molecule has 0 aliphatic carbocycles. The van der Waals surface area contributed by atoms with Crippen LogP contribution < -0.4 is 11.5 Å². The molecule has 0 bridgehead atoms. The highest BCUT2D eigenvalue weighted by atomic mass is 16.2. The summed E-state index contributed by atoms with van der Waals surface area (Å²) in [6, 6.07) is 9.10. The molecule has 0 radical (unpaired) electrons. The molecule has 4 N–H and O–H groups in total. The maximum atomic E-state index is 12.2. The molecule has 0 aliphatic rings. The highest BCUT2D eigenvalue weighted by Gasteiger charge is 2.18. The largest absolute Gasteiger partial charge is 0.368 e. The topological polar surface area (TPSA) is 89.4 Å². The summed E-state index contributed by atoms with van der Waals surface area (Å²) >= 11 is 0. The van der Waals surface area contributed by atoms with E-state index in [0.29, 0.717) is 6.54 Å². The van der Waals surface area contributed by atoms with E-state index in [4.69, 9.17) is 11.5 Å². The van der Waals surface area contributed by atoms with Gasteiger partial charge >= 0.3 is 0 Å². The van der Waals surface area contributed by atoms with Crippen molar-refractivity contribution in [3.8, 4) is 0 Å². The van der Waals surface area contributed by atoms with Crippen LogP contribution in [0.4, 0.5) is 0 Å². The SMILES string of the molecule is CCCCN(CC(N)=O)C(=O)CC(N)c1ccccc1. The van der Waals surface area contributed by atoms with E-state index in [2.05, 4.69) is 0 Å². The van der Waals surface area contributed by atoms with Gasteiger partial charge in [-0.2, -0.15) is 0 Å². The van der Waals surface area contributed by atoms with Gasteiger partial charge in [0.25, 0.3) is 0 Å². The van der Waals surface area contributed by atoms with Crippen LogP contribution in [0.1, 0.15) is 37.8 Å². The first kappa shape index (κ1) is 16.2. The minimum absolute atomic E-state index is 0.0413. The maximum Gasteiger partial charge on any atom is 0.237 e. The van der Waals surface area contributed by atoms with Crippen LogP contribution in [0.25, 0.3) is 0 Å². The minimum atomic E-state index is -0.497. The van der Waals surface area contributed by atoms with Crippen molar-refractivity contribution in [1.82, 2.24) is 4.90 Å². The second-order valence-corrected chi connectivity index (χ2v) is 4.86. The number of nitrogens with two attached hydrogens (primary N) is 2. The summed E-state index contributed by atoms with van der Waals surface area (Å²) in [6.07, 6.45) is 1.98. The van der Waals surface area contributed by atoms with Crippen molar-refractivity contribution < 1.29 is 9.59 Å². The summed E-state index contributed by atoms with van der Waals surface area (Å²) in [7, 11) is 0. The van der Waals surface area contributed by atoms with E-state index in [-0.39, 0.29) is 24.9 Å².